The summed E-state index contributed by atoms with van der Waals surface area (Å²) in [5.74, 6) is 1.84. The number of rotatable bonds is 7. The molecule has 1 heterocycles. The summed E-state index contributed by atoms with van der Waals surface area (Å²) in [6.07, 6.45) is 3.00. The number of nitrogens with one attached hydrogen (secondary N) is 1. The van der Waals surface area contributed by atoms with Gasteiger partial charge in [-0.25, -0.2) is 0 Å². The zero-order valence-electron chi connectivity index (χ0n) is 17.4. The van der Waals surface area contributed by atoms with Crippen molar-refractivity contribution in [2.75, 3.05) is 33.1 Å². The minimum atomic E-state index is -0.127. The molecule has 0 saturated carbocycles. The number of amides is 1. The Morgan fingerprint density at radius 3 is 2.86 bits per heavy atom. The third-order valence-corrected chi connectivity index (χ3v) is 6.38. The van der Waals surface area contributed by atoms with Crippen LogP contribution in [0.3, 0.4) is 0 Å². The van der Waals surface area contributed by atoms with E-state index in [4.69, 9.17) is 9.47 Å². The number of anilines is 1. The van der Waals surface area contributed by atoms with E-state index in [9.17, 15) is 10.1 Å². The van der Waals surface area contributed by atoms with Crippen molar-refractivity contribution < 1.29 is 14.3 Å². The summed E-state index contributed by atoms with van der Waals surface area (Å²) in [5.41, 5.74) is 2.71. The molecule has 1 amide bonds. The van der Waals surface area contributed by atoms with Gasteiger partial charge in [-0.05, 0) is 43.9 Å². The summed E-state index contributed by atoms with van der Waals surface area (Å²) in [7, 11) is 5.09. The molecule has 0 fully saturated rings. The van der Waals surface area contributed by atoms with Gasteiger partial charge in [-0.3, -0.25) is 9.69 Å². The Kier molecular flexibility index (Phi) is 6.78. The molecule has 7 heteroatoms. The molecular formula is C22H27N3O3S. The third kappa shape index (κ3) is 4.72. The van der Waals surface area contributed by atoms with Crippen LogP contribution in [-0.2, 0) is 24.2 Å². The van der Waals surface area contributed by atoms with Crippen molar-refractivity contribution in [3.63, 3.8) is 0 Å². The highest BCUT2D eigenvalue weighted by atomic mass is 32.1. The molecule has 154 valence electrons. The molecule has 0 bridgehead atoms. The van der Waals surface area contributed by atoms with Gasteiger partial charge in [0.1, 0.15) is 11.1 Å². The lowest BCUT2D eigenvalue weighted by Crippen LogP contribution is -2.30. The summed E-state index contributed by atoms with van der Waals surface area (Å²) in [5, 5.41) is 13.2. The fourth-order valence-electron chi connectivity index (χ4n) is 3.79. The number of thiophene rings is 1. The van der Waals surface area contributed by atoms with Crippen LogP contribution < -0.4 is 14.8 Å². The van der Waals surface area contributed by atoms with Gasteiger partial charge in [-0.15, -0.1) is 11.3 Å². The van der Waals surface area contributed by atoms with Crippen molar-refractivity contribution in [2.24, 2.45) is 5.92 Å². The summed E-state index contributed by atoms with van der Waals surface area (Å²) in [4.78, 5) is 15.8. The van der Waals surface area contributed by atoms with Crippen LogP contribution in [0.2, 0.25) is 0 Å². The first-order valence-corrected chi connectivity index (χ1v) is 10.5. The molecular weight excluding hydrogens is 386 g/mol. The highest BCUT2D eigenvalue weighted by Gasteiger charge is 2.25. The summed E-state index contributed by atoms with van der Waals surface area (Å²) in [6, 6.07) is 8.00. The number of nitriles is 1. The van der Waals surface area contributed by atoms with Crippen molar-refractivity contribution >= 4 is 22.2 Å². The van der Waals surface area contributed by atoms with E-state index in [-0.39, 0.29) is 12.5 Å². The van der Waals surface area contributed by atoms with Gasteiger partial charge in [-0.2, -0.15) is 5.26 Å². The van der Waals surface area contributed by atoms with Gasteiger partial charge in [-0.1, -0.05) is 19.1 Å². The number of methoxy groups -OCH3 is 2. The monoisotopic (exact) mass is 413 g/mol. The maximum Gasteiger partial charge on any atom is 0.239 e. The average molecular weight is 414 g/mol. The second kappa shape index (κ2) is 9.29. The molecule has 2 aromatic rings. The predicted molar refractivity (Wildman–Crippen MR) is 115 cm³/mol. The van der Waals surface area contributed by atoms with Crippen LogP contribution in [0.1, 0.15) is 34.9 Å². The van der Waals surface area contributed by atoms with E-state index >= 15 is 0 Å². The maximum absolute atomic E-state index is 12.6. The number of ether oxygens (including phenoxy) is 2. The van der Waals surface area contributed by atoms with Crippen molar-refractivity contribution in [3.05, 3.63) is 39.8 Å². The first-order valence-electron chi connectivity index (χ1n) is 9.69. The van der Waals surface area contributed by atoms with Crippen LogP contribution in [0, 0.1) is 17.2 Å². The normalized spacial score (nSPS) is 15.5. The highest BCUT2D eigenvalue weighted by molar-refractivity contribution is 7.16. The Morgan fingerprint density at radius 2 is 2.17 bits per heavy atom. The van der Waals surface area contributed by atoms with E-state index in [2.05, 4.69) is 18.3 Å². The van der Waals surface area contributed by atoms with Crippen LogP contribution >= 0.6 is 11.3 Å². The number of hydrogen-bond acceptors (Lipinski definition) is 6. The molecule has 1 aliphatic rings. The van der Waals surface area contributed by atoms with Gasteiger partial charge in [0, 0.05) is 17.0 Å². The Bertz CT molecular complexity index is 932. The number of fused-ring (bicyclic) bond motifs is 1. The van der Waals surface area contributed by atoms with Crippen LogP contribution in [0.25, 0.3) is 0 Å². The zero-order valence-corrected chi connectivity index (χ0v) is 18.2. The number of hydrogen-bond donors (Lipinski definition) is 1. The Morgan fingerprint density at radius 1 is 1.38 bits per heavy atom. The lowest BCUT2D eigenvalue weighted by Gasteiger charge is -2.19. The first-order chi connectivity index (χ1) is 14.0. The fraction of sp³-hybridized carbons (Fsp3) is 0.455. The molecule has 1 aromatic carbocycles. The smallest absolute Gasteiger partial charge is 0.239 e. The van der Waals surface area contributed by atoms with Crippen molar-refractivity contribution in [2.45, 2.75) is 32.7 Å². The highest BCUT2D eigenvalue weighted by Crippen LogP contribution is 2.39. The Labute approximate surface area is 176 Å². The number of carbonyl (C=O) groups excluding carboxylic acids is 1. The molecule has 1 aromatic heterocycles. The van der Waals surface area contributed by atoms with E-state index in [1.807, 2.05) is 30.1 Å². The Hall–Kier alpha value is -2.56. The second-order valence-corrected chi connectivity index (χ2v) is 8.65. The maximum atomic E-state index is 12.6. The minimum absolute atomic E-state index is 0.127. The lowest BCUT2D eigenvalue weighted by atomic mass is 9.89. The van der Waals surface area contributed by atoms with Crippen LogP contribution in [-0.4, -0.2) is 38.6 Å². The number of likely N-dealkylation sites (N-methyl/N-ethyl adjacent to an activating group) is 1. The van der Waals surface area contributed by atoms with E-state index in [0.29, 0.717) is 34.5 Å². The molecule has 1 aliphatic carbocycles. The molecule has 0 spiro atoms. The van der Waals surface area contributed by atoms with E-state index in [1.54, 1.807) is 25.6 Å². The number of carbonyl (C=O) groups is 1. The predicted octanol–water partition coefficient (Wildman–Crippen LogP) is 3.83. The zero-order chi connectivity index (χ0) is 21.0. The van der Waals surface area contributed by atoms with Crippen LogP contribution in [0.5, 0.6) is 11.5 Å². The first kappa shape index (κ1) is 21.2. The molecule has 1 unspecified atom stereocenters. The number of benzene rings is 1. The van der Waals surface area contributed by atoms with Gasteiger partial charge in [0.15, 0.2) is 11.5 Å². The van der Waals surface area contributed by atoms with E-state index < -0.39 is 0 Å². The van der Waals surface area contributed by atoms with Gasteiger partial charge < -0.3 is 14.8 Å². The number of para-hydroxylation sites is 1. The number of nitrogens with zero attached hydrogens (tertiary/aromatic N) is 2. The third-order valence-electron chi connectivity index (χ3n) is 5.21. The van der Waals surface area contributed by atoms with Crippen LogP contribution in [0.15, 0.2) is 18.2 Å². The summed E-state index contributed by atoms with van der Waals surface area (Å²) < 4.78 is 10.8. The topological polar surface area (TPSA) is 74.6 Å². The van der Waals surface area contributed by atoms with Gasteiger partial charge >= 0.3 is 0 Å². The summed E-state index contributed by atoms with van der Waals surface area (Å²) >= 11 is 1.55. The average Bonchev–Trinajstić information content (AvgIpc) is 3.02. The van der Waals surface area contributed by atoms with Crippen molar-refractivity contribution in [3.8, 4) is 17.6 Å². The molecule has 6 nitrogen and oxygen atoms in total. The van der Waals surface area contributed by atoms with E-state index in [0.717, 1.165) is 30.4 Å². The molecule has 0 saturated heterocycles. The Balaban J connectivity index is 1.67. The van der Waals surface area contributed by atoms with E-state index in [1.165, 1.54) is 4.88 Å². The summed E-state index contributed by atoms with van der Waals surface area (Å²) in [6.45, 7) is 2.98. The second-order valence-electron chi connectivity index (χ2n) is 7.54. The quantitative estimate of drug-likeness (QED) is 0.747. The molecule has 0 aliphatic heterocycles. The van der Waals surface area contributed by atoms with Gasteiger partial charge in [0.25, 0.3) is 0 Å². The van der Waals surface area contributed by atoms with Gasteiger partial charge in [0.2, 0.25) is 5.91 Å². The largest absolute Gasteiger partial charge is 0.493 e. The van der Waals surface area contributed by atoms with Crippen molar-refractivity contribution in [1.82, 2.24) is 4.90 Å². The lowest BCUT2D eigenvalue weighted by molar-refractivity contribution is -0.117. The molecule has 1 N–H and O–H groups in total. The van der Waals surface area contributed by atoms with Crippen molar-refractivity contribution in [1.29, 1.82) is 5.26 Å². The molecule has 0 radical (unpaired) electrons. The standard InChI is InChI=1S/C22H27N3O3S/c1-14-8-9-16-17(11-23)22(29-19(16)10-14)24-20(26)13-25(2)12-15-6-5-7-18(27-3)21(15)28-4/h5-7,14H,8-10,12-13H2,1-4H3,(H,24,26). The van der Waals surface area contributed by atoms with Crippen LogP contribution in [0.4, 0.5) is 5.00 Å². The molecule has 3 rings (SSSR count). The fourth-order valence-corrected chi connectivity index (χ4v) is 5.17. The van der Waals surface area contributed by atoms with Gasteiger partial charge in [0.05, 0.1) is 26.3 Å². The molecule has 1 atom stereocenters. The SMILES string of the molecule is COc1cccc(CN(C)CC(=O)Nc2sc3c(c2C#N)CCC(C)C3)c1OC. The molecule has 29 heavy (non-hydrogen) atoms. The minimum Gasteiger partial charge on any atom is -0.493 e.